The molecule has 1 aliphatic heterocycles. The van der Waals surface area contributed by atoms with Crippen LogP contribution in [-0.4, -0.2) is 17.8 Å². The topological polar surface area (TPSA) is 12.0 Å². The summed E-state index contributed by atoms with van der Waals surface area (Å²) in [6, 6.07) is 0. The van der Waals surface area contributed by atoms with Crippen molar-refractivity contribution < 1.29 is 0 Å². The van der Waals surface area contributed by atoms with Gasteiger partial charge in [0.2, 0.25) is 0 Å². The predicted octanol–water partition coefficient (Wildman–Crippen LogP) is 2.88. The molecule has 1 aliphatic rings. The van der Waals surface area contributed by atoms with Crippen LogP contribution in [0.3, 0.4) is 0 Å². The molecule has 0 amide bonds. The zero-order chi connectivity index (χ0) is 8.32. The first-order valence-electron chi connectivity index (χ1n) is 4.32. The maximum absolute atomic E-state index is 3.42. The van der Waals surface area contributed by atoms with Crippen molar-refractivity contribution in [1.82, 2.24) is 5.32 Å². The minimum absolute atomic E-state index is 0. The van der Waals surface area contributed by atoms with Crippen LogP contribution in [-0.2, 0) is 0 Å². The van der Waals surface area contributed by atoms with E-state index in [1.165, 1.54) is 24.6 Å². The molecule has 1 N–H and O–H groups in total. The predicted molar refractivity (Wildman–Crippen MR) is 59.1 cm³/mol. The fourth-order valence-corrected chi connectivity index (χ4v) is 2.83. The second-order valence-corrected chi connectivity index (χ2v) is 5.85. The molecule has 13 heavy (non-hydrogen) atoms. The molecule has 0 atom stereocenters. The van der Waals surface area contributed by atoms with E-state index in [-0.39, 0.29) is 7.43 Å². The minimum Gasteiger partial charge on any atom is -0.358 e. The fourth-order valence-electron chi connectivity index (χ4n) is 1.46. The van der Waals surface area contributed by atoms with E-state index in [0.29, 0.717) is 4.75 Å². The average Bonchev–Trinajstić information content (AvgIpc) is 1.82. The molecular weight excluding hydrogens is 428 g/mol. The molecule has 89 valence electrons. The van der Waals surface area contributed by atoms with Crippen LogP contribution in [0.2, 0.25) is 0 Å². The largest absolute Gasteiger partial charge is 0.358 e. The van der Waals surface area contributed by atoms with Gasteiger partial charge in [0.1, 0.15) is 0 Å². The normalized spacial score (nSPS) is 23.3. The Bertz CT molecular complexity index is 128. The maximum atomic E-state index is 3.42. The molecule has 0 aromatic heterocycles. The number of thioether (sulfide) groups is 1. The van der Waals surface area contributed by atoms with E-state index in [0.717, 1.165) is 6.54 Å². The van der Waals surface area contributed by atoms with Crippen LogP contribution in [0.25, 0.3) is 0 Å². The van der Waals surface area contributed by atoms with Crippen LogP contribution in [0, 0.1) is 12.7 Å². The fraction of sp³-hybridized carbons (Fsp3) is 0.800. The second-order valence-electron chi connectivity index (χ2n) is 3.84. The van der Waals surface area contributed by atoms with E-state index in [4.69, 9.17) is 0 Å². The third kappa shape index (κ3) is 5.53. The first-order chi connectivity index (χ1) is 5.10. The SMILES string of the molecule is C[C-]1CNCCCC(C)(C)S1.[CH3-].[Lr]. The third-order valence-electron chi connectivity index (χ3n) is 1.96. The first kappa shape index (κ1) is 14.8. The van der Waals surface area contributed by atoms with Gasteiger partial charge in [-0.3, -0.25) is 0 Å². The van der Waals surface area contributed by atoms with Gasteiger partial charge in [0, 0.05) is 0 Å². The zero-order valence-electron chi connectivity index (χ0n) is 8.99. The summed E-state index contributed by atoms with van der Waals surface area (Å²) in [7, 11) is 0. The number of rotatable bonds is 0. The van der Waals surface area contributed by atoms with Crippen LogP contribution in [0.4, 0.5) is 0 Å². The molecular formula is C10H21LrNS-2. The summed E-state index contributed by atoms with van der Waals surface area (Å²) in [5, 5.41) is 4.94. The van der Waals surface area contributed by atoms with Gasteiger partial charge in [-0.05, 0) is 24.1 Å². The van der Waals surface area contributed by atoms with Crippen LogP contribution in [0.15, 0.2) is 0 Å². The van der Waals surface area contributed by atoms with Gasteiger partial charge in [-0.25, -0.2) is 5.25 Å². The monoisotopic (exact) mass is 449 g/mol. The van der Waals surface area contributed by atoms with Gasteiger partial charge in [-0.15, -0.1) is 6.54 Å². The summed E-state index contributed by atoms with van der Waals surface area (Å²) >= 11 is 2.03. The summed E-state index contributed by atoms with van der Waals surface area (Å²) in [4.78, 5) is 0. The Balaban J connectivity index is 0. The van der Waals surface area contributed by atoms with Gasteiger partial charge in [-0.1, -0.05) is 13.8 Å². The van der Waals surface area contributed by atoms with Crippen LogP contribution >= 0.6 is 11.8 Å². The summed E-state index contributed by atoms with van der Waals surface area (Å²) < 4.78 is 0.464. The van der Waals surface area contributed by atoms with Crippen molar-refractivity contribution in [2.45, 2.75) is 38.4 Å². The Hall–Kier alpha value is -0.690. The maximum Gasteiger partial charge on any atom is 0 e. The molecule has 0 unspecified atom stereocenters. The van der Waals surface area contributed by atoms with Crippen molar-refractivity contribution in [3.05, 3.63) is 12.7 Å². The number of hydrogen-bond acceptors (Lipinski definition) is 2. The molecule has 0 aromatic carbocycles. The Morgan fingerprint density at radius 2 is 2.00 bits per heavy atom. The van der Waals surface area contributed by atoms with E-state index in [2.05, 4.69) is 26.1 Å². The van der Waals surface area contributed by atoms with E-state index in [1.54, 1.807) is 0 Å². The molecule has 1 heterocycles. The van der Waals surface area contributed by atoms with Gasteiger partial charge in [0.25, 0.3) is 0 Å². The van der Waals surface area contributed by atoms with Gasteiger partial charge < -0.3 is 24.5 Å². The van der Waals surface area contributed by atoms with E-state index >= 15 is 0 Å². The van der Waals surface area contributed by atoms with Crippen LogP contribution in [0.5, 0.6) is 0 Å². The third-order valence-corrected chi connectivity index (χ3v) is 3.21. The summed E-state index contributed by atoms with van der Waals surface area (Å²) in [6.45, 7) is 9.18. The van der Waals surface area contributed by atoms with Crippen molar-refractivity contribution in [1.29, 1.82) is 0 Å². The summed E-state index contributed by atoms with van der Waals surface area (Å²) in [5.41, 5.74) is 0. The molecule has 1 fully saturated rings. The smallest absolute Gasteiger partial charge is 0 e. The van der Waals surface area contributed by atoms with Crippen molar-refractivity contribution >= 4 is 11.8 Å². The molecule has 1 radical (unpaired) electrons. The van der Waals surface area contributed by atoms with Crippen molar-refractivity contribution in [3.8, 4) is 0 Å². The molecule has 0 spiro atoms. The van der Waals surface area contributed by atoms with E-state index in [9.17, 15) is 0 Å². The van der Waals surface area contributed by atoms with Crippen LogP contribution in [0.1, 0.15) is 33.6 Å². The second kappa shape index (κ2) is 5.87. The average molecular weight is 449 g/mol. The van der Waals surface area contributed by atoms with Gasteiger partial charge in [0.15, 0.2) is 0 Å². The van der Waals surface area contributed by atoms with Gasteiger partial charge in [-0.2, -0.15) is 6.92 Å². The quantitative estimate of drug-likeness (QED) is 0.571. The minimum atomic E-state index is 0. The number of hydrogen-bond donors (Lipinski definition) is 1. The Morgan fingerprint density at radius 1 is 1.38 bits per heavy atom. The van der Waals surface area contributed by atoms with Crippen molar-refractivity contribution in [3.63, 3.8) is 0 Å². The van der Waals surface area contributed by atoms with Gasteiger partial charge in [0.05, 0.1) is 0 Å². The van der Waals surface area contributed by atoms with Crippen LogP contribution < -0.4 is 5.32 Å². The molecule has 1 rings (SSSR count). The van der Waals surface area contributed by atoms with E-state index in [1.807, 2.05) is 11.8 Å². The molecule has 0 aromatic rings. The van der Waals surface area contributed by atoms with Crippen molar-refractivity contribution in [2.75, 3.05) is 13.1 Å². The Morgan fingerprint density at radius 3 is 2.62 bits per heavy atom. The molecule has 1 saturated heterocycles. The number of nitrogens with one attached hydrogen (secondary N) is 1. The Kier molecular flexibility index (Phi) is 6.69. The van der Waals surface area contributed by atoms with Gasteiger partial charge >= 0.3 is 0 Å². The van der Waals surface area contributed by atoms with Crippen molar-refractivity contribution in [2.24, 2.45) is 0 Å². The molecule has 0 saturated carbocycles. The molecule has 0 aliphatic carbocycles. The molecule has 3 heteroatoms. The van der Waals surface area contributed by atoms with E-state index < -0.39 is 0 Å². The molecule has 0 bridgehead atoms. The molecule has 1 nitrogen and oxygen atoms in total. The zero-order valence-corrected chi connectivity index (χ0v) is 12.0. The Labute approximate surface area is 81.7 Å². The standard InChI is InChI=1S/C9H18NS.CH3.Lr/c1-8-7-10-6-4-5-9(2,3)11-8;;/h10H,4-7H2,1-3H3;1H3;/q2*-1;. The summed E-state index contributed by atoms with van der Waals surface area (Å²) in [5.74, 6) is 0. The first-order valence-corrected chi connectivity index (χ1v) is 5.14. The summed E-state index contributed by atoms with van der Waals surface area (Å²) in [6.07, 6.45) is 2.63.